The van der Waals surface area contributed by atoms with E-state index in [4.69, 9.17) is 9.47 Å². The number of rotatable bonds is 4. The molecule has 0 spiro atoms. The molecule has 1 atom stereocenters. The molecular formula is C15H22ClN3O3. The van der Waals surface area contributed by atoms with Gasteiger partial charge in [-0.25, -0.2) is 0 Å². The van der Waals surface area contributed by atoms with Crippen LogP contribution in [0.1, 0.15) is 23.2 Å². The van der Waals surface area contributed by atoms with Gasteiger partial charge in [0.25, 0.3) is 5.91 Å². The molecule has 122 valence electrons. The molecule has 1 N–H and O–H groups in total. The summed E-state index contributed by atoms with van der Waals surface area (Å²) in [5.74, 6) is 1.20. The molecule has 2 bridgehead atoms. The zero-order valence-corrected chi connectivity index (χ0v) is 13.7. The van der Waals surface area contributed by atoms with Gasteiger partial charge in [-0.15, -0.1) is 12.4 Å². The van der Waals surface area contributed by atoms with Gasteiger partial charge in [0, 0.05) is 18.7 Å². The summed E-state index contributed by atoms with van der Waals surface area (Å²) in [6, 6.07) is 3.60. The lowest BCUT2D eigenvalue weighted by atomic mass is 9.84. The fourth-order valence-corrected chi connectivity index (χ4v) is 3.24. The minimum Gasteiger partial charge on any atom is -0.481 e. The molecule has 3 aliphatic rings. The van der Waals surface area contributed by atoms with Crippen LogP contribution in [0.5, 0.6) is 11.8 Å². The Kier molecular flexibility index (Phi) is 5.47. The second kappa shape index (κ2) is 7.15. The van der Waals surface area contributed by atoms with Crippen molar-refractivity contribution in [3.05, 3.63) is 17.7 Å². The second-order valence-corrected chi connectivity index (χ2v) is 5.63. The average molecular weight is 328 g/mol. The number of ether oxygens (including phenoxy) is 2. The summed E-state index contributed by atoms with van der Waals surface area (Å²) >= 11 is 0. The molecule has 3 saturated heterocycles. The lowest BCUT2D eigenvalue weighted by Gasteiger charge is -2.44. The molecule has 3 fully saturated rings. The molecule has 1 amide bonds. The highest BCUT2D eigenvalue weighted by Crippen LogP contribution is 2.28. The fourth-order valence-electron chi connectivity index (χ4n) is 3.24. The highest BCUT2D eigenvalue weighted by molar-refractivity contribution is 5.96. The number of pyridine rings is 1. The summed E-state index contributed by atoms with van der Waals surface area (Å²) in [6.45, 7) is 3.26. The Hall–Kier alpha value is -1.53. The summed E-state index contributed by atoms with van der Waals surface area (Å²) in [7, 11) is 3.04. The van der Waals surface area contributed by atoms with E-state index in [0.717, 1.165) is 19.6 Å². The Morgan fingerprint density at radius 1 is 1.27 bits per heavy atom. The van der Waals surface area contributed by atoms with Crippen LogP contribution in [0.4, 0.5) is 0 Å². The maximum Gasteiger partial charge on any atom is 0.257 e. The first-order chi connectivity index (χ1) is 10.2. The Balaban J connectivity index is 0.00000176. The summed E-state index contributed by atoms with van der Waals surface area (Å²) in [4.78, 5) is 19.0. The van der Waals surface area contributed by atoms with Crippen LogP contribution in [0.25, 0.3) is 0 Å². The van der Waals surface area contributed by atoms with Gasteiger partial charge in [0.2, 0.25) is 11.8 Å². The Morgan fingerprint density at radius 2 is 2.00 bits per heavy atom. The van der Waals surface area contributed by atoms with Crippen molar-refractivity contribution in [2.45, 2.75) is 18.9 Å². The number of carbonyl (C=O) groups is 1. The summed E-state index contributed by atoms with van der Waals surface area (Å²) < 4.78 is 10.2. The standard InChI is InChI=1S/C15H21N3O3.ClH/c1-20-13-4-3-11(15(17-13)21-2)14(19)16-12-9-18-7-5-10(12)6-8-18;/h3-4,10,12H,5-9H2,1-2H3,(H,16,19);1H. The molecular weight excluding hydrogens is 306 g/mol. The van der Waals surface area contributed by atoms with E-state index in [1.807, 2.05) is 0 Å². The highest BCUT2D eigenvalue weighted by atomic mass is 35.5. The number of hydrogen-bond donors (Lipinski definition) is 1. The second-order valence-electron chi connectivity index (χ2n) is 5.63. The van der Waals surface area contributed by atoms with E-state index in [1.54, 1.807) is 12.1 Å². The topological polar surface area (TPSA) is 63.7 Å². The number of nitrogens with one attached hydrogen (secondary N) is 1. The molecule has 4 heterocycles. The van der Waals surface area contributed by atoms with Crippen LogP contribution >= 0.6 is 12.4 Å². The van der Waals surface area contributed by atoms with Crippen LogP contribution in [0, 0.1) is 5.92 Å². The lowest BCUT2D eigenvalue weighted by molar-refractivity contribution is 0.0618. The molecule has 0 radical (unpaired) electrons. The van der Waals surface area contributed by atoms with E-state index in [-0.39, 0.29) is 24.4 Å². The van der Waals surface area contributed by atoms with Crippen molar-refractivity contribution < 1.29 is 14.3 Å². The lowest BCUT2D eigenvalue weighted by Crippen LogP contribution is -2.57. The quantitative estimate of drug-likeness (QED) is 0.904. The first kappa shape index (κ1) is 16.8. The Labute approximate surface area is 136 Å². The molecule has 1 unspecified atom stereocenters. The van der Waals surface area contributed by atoms with E-state index >= 15 is 0 Å². The van der Waals surface area contributed by atoms with Crippen LogP contribution in [0.2, 0.25) is 0 Å². The number of nitrogens with zero attached hydrogens (tertiary/aromatic N) is 2. The molecule has 1 aromatic rings. The van der Waals surface area contributed by atoms with E-state index in [0.29, 0.717) is 23.2 Å². The van der Waals surface area contributed by atoms with Crippen molar-refractivity contribution in [1.82, 2.24) is 15.2 Å². The zero-order chi connectivity index (χ0) is 14.8. The molecule has 0 aliphatic carbocycles. The minimum absolute atomic E-state index is 0. The summed E-state index contributed by atoms with van der Waals surface area (Å²) in [5.41, 5.74) is 0.453. The van der Waals surface area contributed by atoms with Crippen molar-refractivity contribution in [2.75, 3.05) is 33.9 Å². The number of hydrogen-bond acceptors (Lipinski definition) is 5. The monoisotopic (exact) mass is 327 g/mol. The van der Waals surface area contributed by atoms with Crippen LogP contribution in [0.15, 0.2) is 12.1 Å². The van der Waals surface area contributed by atoms with Crippen LogP contribution in [0.3, 0.4) is 0 Å². The molecule has 0 saturated carbocycles. The van der Waals surface area contributed by atoms with Gasteiger partial charge in [0.15, 0.2) is 0 Å². The van der Waals surface area contributed by atoms with Crippen LogP contribution in [-0.2, 0) is 0 Å². The smallest absolute Gasteiger partial charge is 0.257 e. The largest absolute Gasteiger partial charge is 0.481 e. The van der Waals surface area contributed by atoms with Gasteiger partial charge in [0.05, 0.1) is 14.2 Å². The molecule has 4 rings (SSSR count). The molecule has 22 heavy (non-hydrogen) atoms. The van der Waals surface area contributed by atoms with Gasteiger partial charge in [-0.3, -0.25) is 4.79 Å². The maximum absolute atomic E-state index is 12.5. The predicted molar refractivity (Wildman–Crippen MR) is 85.0 cm³/mol. The molecule has 6 nitrogen and oxygen atoms in total. The van der Waals surface area contributed by atoms with Gasteiger partial charge < -0.3 is 19.7 Å². The number of amides is 1. The normalized spacial score (nSPS) is 26.0. The zero-order valence-electron chi connectivity index (χ0n) is 12.9. The fraction of sp³-hybridized carbons (Fsp3) is 0.600. The van der Waals surface area contributed by atoms with Crippen LogP contribution in [-0.4, -0.2) is 55.7 Å². The predicted octanol–water partition coefficient (Wildman–Crippen LogP) is 1.34. The van der Waals surface area contributed by atoms with Crippen molar-refractivity contribution >= 4 is 18.3 Å². The first-order valence-electron chi connectivity index (χ1n) is 7.33. The van der Waals surface area contributed by atoms with Crippen molar-refractivity contribution in [3.8, 4) is 11.8 Å². The Morgan fingerprint density at radius 3 is 2.55 bits per heavy atom. The average Bonchev–Trinajstić information content (AvgIpc) is 2.55. The van der Waals surface area contributed by atoms with Gasteiger partial charge in [-0.2, -0.15) is 4.98 Å². The molecule has 0 aromatic carbocycles. The number of fused-ring (bicyclic) bond motifs is 3. The van der Waals surface area contributed by atoms with Crippen molar-refractivity contribution in [1.29, 1.82) is 0 Å². The molecule has 3 aliphatic heterocycles. The molecule has 7 heteroatoms. The number of carbonyl (C=O) groups excluding carboxylic acids is 1. The van der Waals surface area contributed by atoms with E-state index in [9.17, 15) is 4.79 Å². The number of aromatic nitrogens is 1. The molecule has 1 aromatic heterocycles. The van der Waals surface area contributed by atoms with Crippen molar-refractivity contribution in [3.63, 3.8) is 0 Å². The third-order valence-electron chi connectivity index (χ3n) is 4.45. The van der Waals surface area contributed by atoms with Crippen LogP contribution < -0.4 is 14.8 Å². The number of piperidine rings is 3. The number of halogens is 1. The van der Waals surface area contributed by atoms with E-state index in [1.165, 1.54) is 27.1 Å². The summed E-state index contributed by atoms with van der Waals surface area (Å²) in [5, 5.41) is 3.14. The number of methoxy groups -OCH3 is 2. The van der Waals surface area contributed by atoms with Gasteiger partial charge >= 0.3 is 0 Å². The summed E-state index contributed by atoms with van der Waals surface area (Å²) in [6.07, 6.45) is 2.34. The Bertz CT molecular complexity index is 533. The SMILES string of the molecule is COc1ccc(C(=O)NC2CN3CCC2CC3)c(OC)n1.Cl. The minimum atomic E-state index is -0.124. The van der Waals surface area contributed by atoms with E-state index in [2.05, 4.69) is 15.2 Å². The maximum atomic E-state index is 12.5. The van der Waals surface area contributed by atoms with Gasteiger partial charge in [0.1, 0.15) is 5.56 Å². The van der Waals surface area contributed by atoms with Gasteiger partial charge in [-0.05, 0) is 37.9 Å². The first-order valence-corrected chi connectivity index (χ1v) is 7.33. The van der Waals surface area contributed by atoms with Crippen molar-refractivity contribution in [2.24, 2.45) is 5.92 Å². The highest BCUT2D eigenvalue weighted by Gasteiger charge is 2.35. The third-order valence-corrected chi connectivity index (χ3v) is 4.45. The third kappa shape index (κ3) is 3.28. The van der Waals surface area contributed by atoms with E-state index < -0.39 is 0 Å². The van der Waals surface area contributed by atoms with Gasteiger partial charge in [-0.1, -0.05) is 0 Å².